The van der Waals surface area contributed by atoms with E-state index in [1.165, 1.54) is 29.1 Å². The highest BCUT2D eigenvalue weighted by Crippen LogP contribution is 2.52. The average Bonchev–Trinajstić information content (AvgIpc) is 3.11. The predicted molar refractivity (Wildman–Crippen MR) is 126 cm³/mol. The molecule has 166 valence electrons. The van der Waals surface area contributed by atoms with Crippen LogP contribution >= 0.6 is 34.3 Å². The minimum absolute atomic E-state index is 0.0116. The molecule has 4 aromatic rings. The van der Waals surface area contributed by atoms with Crippen LogP contribution in [0.15, 0.2) is 47.2 Å². The molecule has 0 unspecified atom stereocenters. The second-order valence-electron chi connectivity index (χ2n) is 7.41. The van der Waals surface area contributed by atoms with Gasteiger partial charge in [0.25, 0.3) is 0 Å². The summed E-state index contributed by atoms with van der Waals surface area (Å²) >= 11 is 9.04. The number of carbonyl (C=O) groups is 2. The van der Waals surface area contributed by atoms with Crippen molar-refractivity contribution in [2.75, 3.05) is 5.32 Å². The Morgan fingerprint density at radius 2 is 2.00 bits per heavy atom. The Hall–Kier alpha value is -3.32. The molecular weight excluding hydrogens is 484 g/mol. The van der Waals surface area contributed by atoms with E-state index in [2.05, 4.69) is 22.1 Å². The van der Waals surface area contributed by atoms with Gasteiger partial charge in [0.05, 0.1) is 4.88 Å². The van der Waals surface area contributed by atoms with Gasteiger partial charge in [-0.25, -0.2) is 9.78 Å². The molecule has 1 aromatic carbocycles. The lowest BCUT2D eigenvalue weighted by Gasteiger charge is -2.06. The van der Waals surface area contributed by atoms with Crippen molar-refractivity contribution in [2.24, 2.45) is 0 Å². The van der Waals surface area contributed by atoms with Crippen LogP contribution in [0.1, 0.15) is 33.9 Å². The number of carbonyl (C=O) groups excluding carboxylic acids is 1. The molecule has 1 fully saturated rings. The summed E-state index contributed by atoms with van der Waals surface area (Å²) in [5, 5.41) is 12.5. The Balaban J connectivity index is 1.26. The number of hydrogen-bond donors (Lipinski definition) is 2. The summed E-state index contributed by atoms with van der Waals surface area (Å²) < 4.78 is 12.4. The Labute approximate surface area is 201 Å². The minimum Gasteiger partial charge on any atom is -0.481 e. The number of aliphatic carboxylic acids is 1. The van der Waals surface area contributed by atoms with Gasteiger partial charge in [0.2, 0.25) is 5.88 Å². The van der Waals surface area contributed by atoms with Crippen LogP contribution in [0.5, 0.6) is 0 Å². The number of rotatable bonds is 5. The molecule has 0 spiro atoms. The summed E-state index contributed by atoms with van der Waals surface area (Å²) in [6, 6.07) is 11.0. The molecule has 33 heavy (non-hydrogen) atoms. The van der Waals surface area contributed by atoms with Crippen LogP contribution in [-0.4, -0.2) is 22.2 Å². The lowest BCUT2D eigenvalue weighted by Crippen LogP contribution is -2.17. The highest BCUT2D eigenvalue weighted by atomic mass is 35.5. The quantitative estimate of drug-likeness (QED) is 0.334. The Kier molecular flexibility index (Phi) is 5.58. The number of benzene rings is 1. The molecule has 0 aliphatic heterocycles. The Bertz CT molecular complexity index is 1410. The van der Waals surface area contributed by atoms with Gasteiger partial charge in [-0.05, 0) is 42.9 Å². The highest BCUT2D eigenvalue weighted by molar-refractivity contribution is 7.28. The van der Waals surface area contributed by atoms with Gasteiger partial charge in [-0.3, -0.25) is 10.1 Å². The fraction of sp³-hybridized carbons (Fsp3) is 0.174. The van der Waals surface area contributed by atoms with Crippen molar-refractivity contribution < 1.29 is 23.8 Å². The second kappa shape index (κ2) is 8.56. The number of amides is 1. The first-order valence-electron chi connectivity index (χ1n) is 9.84. The van der Waals surface area contributed by atoms with Gasteiger partial charge in [0.1, 0.15) is 12.0 Å². The summed E-state index contributed by atoms with van der Waals surface area (Å²) in [7, 11) is 0. The van der Waals surface area contributed by atoms with Crippen LogP contribution < -0.4 is 5.32 Å². The van der Waals surface area contributed by atoms with Crippen molar-refractivity contribution in [1.29, 1.82) is 0 Å². The van der Waals surface area contributed by atoms with Crippen molar-refractivity contribution in [2.45, 2.75) is 24.9 Å². The number of carboxylic acid groups (broad SMARTS) is 1. The van der Waals surface area contributed by atoms with Crippen LogP contribution in [0.3, 0.4) is 0 Å². The number of hydrogen-bond acceptors (Lipinski definition) is 7. The molecule has 1 amide bonds. The van der Waals surface area contributed by atoms with Crippen molar-refractivity contribution >= 4 is 61.6 Å². The topological polar surface area (TPSA) is 102 Å². The maximum Gasteiger partial charge on any atom is 0.414 e. The number of halogens is 1. The molecule has 1 saturated carbocycles. The van der Waals surface area contributed by atoms with E-state index in [4.69, 9.17) is 20.8 Å². The summed E-state index contributed by atoms with van der Waals surface area (Å²) in [5.41, 5.74) is 0.255. The summed E-state index contributed by atoms with van der Waals surface area (Å²) in [4.78, 5) is 29.4. The van der Waals surface area contributed by atoms with Crippen molar-refractivity contribution in [1.82, 2.24) is 4.98 Å². The summed E-state index contributed by atoms with van der Waals surface area (Å²) in [5.74, 6) is 5.25. The zero-order chi connectivity index (χ0) is 23.0. The van der Waals surface area contributed by atoms with E-state index in [9.17, 15) is 14.7 Å². The molecule has 0 atom stereocenters. The smallest absolute Gasteiger partial charge is 0.414 e. The maximum atomic E-state index is 12.1. The molecule has 5 rings (SSSR count). The average molecular weight is 499 g/mol. The van der Waals surface area contributed by atoms with E-state index in [1.54, 1.807) is 24.3 Å². The number of thiophene rings is 2. The molecule has 7 nitrogen and oxygen atoms in total. The first kappa shape index (κ1) is 21.5. The lowest BCUT2D eigenvalue weighted by atomic mass is 10.1. The number of anilines is 1. The van der Waals surface area contributed by atoms with Crippen molar-refractivity contribution in [3.05, 3.63) is 68.8 Å². The number of aromatic nitrogens is 1. The third-order valence-corrected chi connectivity index (χ3v) is 8.02. The van der Waals surface area contributed by atoms with E-state index in [0.717, 1.165) is 19.2 Å². The number of nitrogens with zero attached hydrogens (tertiary/aromatic N) is 1. The molecular formula is C23H15ClN2O5S2. The van der Waals surface area contributed by atoms with Crippen LogP contribution in [0, 0.1) is 11.8 Å². The van der Waals surface area contributed by atoms with Gasteiger partial charge in [0.15, 0.2) is 12.1 Å². The third kappa shape index (κ3) is 4.33. The van der Waals surface area contributed by atoms with Crippen LogP contribution in [0.2, 0.25) is 5.02 Å². The van der Waals surface area contributed by atoms with E-state index < -0.39 is 17.5 Å². The van der Waals surface area contributed by atoms with Crippen molar-refractivity contribution in [3.63, 3.8) is 0 Å². The minimum atomic E-state index is -0.757. The molecule has 0 saturated heterocycles. The fourth-order valence-corrected chi connectivity index (χ4v) is 5.93. The standard InChI is InChI=1S/C23H15ClN2O5S2/c24-15-4-2-1-3-13(15)11-30-22(29)26-20-16(25-12-31-20)6-5-14-9-17-18(32-14)10-19(33-17)23(7-8-23)21(27)28/h1-4,9-10,12H,7-8,11H2,(H,26,29)(H,27,28). The van der Waals surface area contributed by atoms with E-state index in [0.29, 0.717) is 23.4 Å². The van der Waals surface area contributed by atoms with Gasteiger partial charge in [-0.15, -0.1) is 22.7 Å². The molecule has 3 aromatic heterocycles. The number of nitrogens with one attached hydrogen (secondary N) is 1. The van der Waals surface area contributed by atoms with Gasteiger partial charge >= 0.3 is 12.1 Å². The molecule has 3 heterocycles. The number of fused-ring (bicyclic) bond motifs is 1. The van der Waals surface area contributed by atoms with Crippen LogP contribution in [0.25, 0.3) is 9.40 Å². The van der Waals surface area contributed by atoms with Gasteiger partial charge in [0, 0.05) is 24.9 Å². The van der Waals surface area contributed by atoms with Gasteiger partial charge in [-0.1, -0.05) is 29.8 Å². The molecule has 1 aliphatic carbocycles. The predicted octanol–water partition coefficient (Wildman–Crippen LogP) is 5.87. The largest absolute Gasteiger partial charge is 0.481 e. The molecule has 0 bridgehead atoms. The van der Waals surface area contributed by atoms with E-state index >= 15 is 0 Å². The molecule has 10 heteroatoms. The lowest BCUT2D eigenvalue weighted by molar-refractivity contribution is -0.139. The van der Waals surface area contributed by atoms with Gasteiger partial charge < -0.3 is 14.3 Å². The third-order valence-electron chi connectivity index (χ3n) is 5.24. The second-order valence-corrected chi connectivity index (χ2v) is 9.98. The highest BCUT2D eigenvalue weighted by Gasteiger charge is 2.53. The molecule has 1 aliphatic rings. The Morgan fingerprint density at radius 1 is 1.21 bits per heavy atom. The van der Waals surface area contributed by atoms with E-state index in [1.807, 2.05) is 12.1 Å². The Morgan fingerprint density at radius 3 is 2.73 bits per heavy atom. The zero-order valence-electron chi connectivity index (χ0n) is 16.9. The zero-order valence-corrected chi connectivity index (χ0v) is 19.3. The summed E-state index contributed by atoms with van der Waals surface area (Å²) in [6.45, 7) is 0.0116. The fourth-order valence-electron chi connectivity index (χ4n) is 3.26. The SMILES string of the molecule is O=C(Nc1ocnc1C#Cc1cc2sc(C3(C(=O)O)CC3)cc2s1)OCc1ccccc1Cl. The number of oxazole rings is 1. The van der Waals surface area contributed by atoms with Crippen molar-refractivity contribution in [3.8, 4) is 11.8 Å². The first-order valence-corrected chi connectivity index (χ1v) is 11.9. The maximum absolute atomic E-state index is 12.1. The summed E-state index contributed by atoms with van der Waals surface area (Å²) in [6.07, 6.45) is 1.84. The first-order chi connectivity index (χ1) is 15.9. The van der Waals surface area contributed by atoms with Gasteiger partial charge in [-0.2, -0.15) is 0 Å². The van der Waals surface area contributed by atoms with Crippen LogP contribution in [0.4, 0.5) is 10.7 Å². The monoisotopic (exact) mass is 498 g/mol. The molecule has 2 N–H and O–H groups in total. The number of carboxylic acids is 1. The molecule has 0 radical (unpaired) electrons. The normalized spacial score (nSPS) is 13.8. The number of ether oxygens (including phenoxy) is 1. The van der Waals surface area contributed by atoms with Crippen LogP contribution in [-0.2, 0) is 21.6 Å². The van der Waals surface area contributed by atoms with E-state index in [-0.39, 0.29) is 18.2 Å².